The number of aliphatic hydroxyl groups is 2. The molecule has 2 aromatic heterocycles. The van der Waals surface area contributed by atoms with E-state index in [2.05, 4.69) is 15.0 Å². The summed E-state index contributed by atoms with van der Waals surface area (Å²) in [4.78, 5) is 12.0. The molecule has 2 aromatic rings. The third kappa shape index (κ3) is 1.97. The van der Waals surface area contributed by atoms with Crippen LogP contribution in [0.4, 0.5) is 0 Å². The fraction of sp³-hybridized carbons (Fsp3) is 0.545. The molecule has 3 rings (SSSR count). The maximum atomic E-state index is 10.3. The summed E-state index contributed by atoms with van der Waals surface area (Å²) >= 11 is 5.93. The van der Waals surface area contributed by atoms with Gasteiger partial charge in [0.2, 0.25) is 0 Å². The lowest BCUT2D eigenvalue weighted by atomic mass is 10.1. The first-order valence-electron chi connectivity index (χ1n) is 5.97. The molecule has 4 atom stereocenters. The van der Waals surface area contributed by atoms with Gasteiger partial charge in [-0.2, -0.15) is 0 Å². The Balaban J connectivity index is 2.01. The highest BCUT2D eigenvalue weighted by atomic mass is 35.5. The molecule has 2 N–H and O–H groups in total. The van der Waals surface area contributed by atoms with Crippen LogP contribution in [0.5, 0.6) is 0 Å². The summed E-state index contributed by atoms with van der Waals surface area (Å²) < 4.78 is 12.3. The van der Waals surface area contributed by atoms with E-state index >= 15 is 0 Å². The molecule has 3 heterocycles. The molecule has 1 saturated heterocycles. The monoisotopic (exact) mass is 300 g/mol. The predicted molar refractivity (Wildman–Crippen MR) is 68.1 cm³/mol. The molecule has 0 unspecified atom stereocenters. The molecular formula is C11H13ClN4O4. The number of rotatable bonds is 3. The normalized spacial score (nSPS) is 30.2. The standard InChI is InChI=1S/C11H13ClN4O4/c1-19-8-5(2-17)20-11(7(8)18)16-4-15-6-9(12)13-3-14-10(6)16/h3-5,7-8,11,17-18H,2H2,1H3/t5-,7-,8-,11-/m1/s1. The van der Waals surface area contributed by atoms with Crippen LogP contribution in [-0.4, -0.2) is 61.8 Å². The van der Waals surface area contributed by atoms with Crippen molar-refractivity contribution in [3.05, 3.63) is 17.8 Å². The summed E-state index contributed by atoms with van der Waals surface area (Å²) in [6, 6.07) is 0. The zero-order valence-electron chi connectivity index (χ0n) is 10.5. The quantitative estimate of drug-likeness (QED) is 0.753. The summed E-state index contributed by atoms with van der Waals surface area (Å²) in [6.45, 7) is -0.256. The lowest BCUT2D eigenvalue weighted by molar-refractivity contribution is -0.0535. The molecule has 0 radical (unpaired) electrons. The molecule has 0 bridgehead atoms. The Labute approximate surface area is 118 Å². The van der Waals surface area contributed by atoms with Gasteiger partial charge in [-0.1, -0.05) is 11.6 Å². The fourth-order valence-corrected chi connectivity index (χ4v) is 2.57. The van der Waals surface area contributed by atoms with E-state index in [1.54, 1.807) is 4.57 Å². The van der Waals surface area contributed by atoms with E-state index < -0.39 is 24.5 Å². The van der Waals surface area contributed by atoms with Crippen molar-refractivity contribution in [3.63, 3.8) is 0 Å². The van der Waals surface area contributed by atoms with Gasteiger partial charge in [-0.05, 0) is 0 Å². The third-order valence-corrected chi connectivity index (χ3v) is 3.63. The highest BCUT2D eigenvalue weighted by Gasteiger charge is 2.45. The number of ether oxygens (including phenoxy) is 2. The summed E-state index contributed by atoms with van der Waals surface area (Å²) in [7, 11) is 1.45. The van der Waals surface area contributed by atoms with Crippen LogP contribution < -0.4 is 0 Å². The molecule has 0 aliphatic carbocycles. The number of hydrogen-bond donors (Lipinski definition) is 2. The highest BCUT2D eigenvalue weighted by Crippen LogP contribution is 2.33. The van der Waals surface area contributed by atoms with Crippen LogP contribution >= 0.6 is 11.6 Å². The van der Waals surface area contributed by atoms with E-state index in [4.69, 9.17) is 21.1 Å². The Hall–Kier alpha value is -1.32. The van der Waals surface area contributed by atoms with E-state index in [1.165, 1.54) is 19.8 Å². The average molecular weight is 301 g/mol. The maximum absolute atomic E-state index is 10.3. The third-order valence-electron chi connectivity index (χ3n) is 3.35. The van der Waals surface area contributed by atoms with Gasteiger partial charge in [-0.3, -0.25) is 4.57 Å². The molecule has 0 saturated carbocycles. The minimum Gasteiger partial charge on any atom is -0.394 e. The van der Waals surface area contributed by atoms with E-state index in [1.807, 2.05) is 0 Å². The minimum absolute atomic E-state index is 0.225. The van der Waals surface area contributed by atoms with Gasteiger partial charge in [0.05, 0.1) is 12.9 Å². The van der Waals surface area contributed by atoms with E-state index in [-0.39, 0.29) is 11.8 Å². The molecular weight excluding hydrogens is 288 g/mol. The van der Waals surface area contributed by atoms with Crippen molar-refractivity contribution in [1.82, 2.24) is 19.5 Å². The summed E-state index contributed by atoms with van der Waals surface area (Å²) in [5.41, 5.74) is 0.869. The topological polar surface area (TPSA) is 103 Å². The van der Waals surface area contributed by atoms with Crippen molar-refractivity contribution in [3.8, 4) is 0 Å². The molecule has 20 heavy (non-hydrogen) atoms. The highest BCUT2D eigenvalue weighted by molar-refractivity contribution is 6.33. The second kappa shape index (κ2) is 5.23. The second-order valence-electron chi connectivity index (χ2n) is 4.43. The summed E-state index contributed by atoms with van der Waals surface area (Å²) in [5, 5.41) is 19.8. The Morgan fingerprint density at radius 3 is 2.90 bits per heavy atom. The van der Waals surface area contributed by atoms with Gasteiger partial charge < -0.3 is 19.7 Å². The van der Waals surface area contributed by atoms with Gasteiger partial charge in [-0.15, -0.1) is 0 Å². The molecule has 0 spiro atoms. The van der Waals surface area contributed by atoms with Crippen molar-refractivity contribution in [2.45, 2.75) is 24.5 Å². The number of nitrogens with zero attached hydrogens (tertiary/aromatic N) is 4. The Morgan fingerprint density at radius 1 is 1.45 bits per heavy atom. The minimum atomic E-state index is -0.955. The van der Waals surface area contributed by atoms with E-state index in [0.717, 1.165) is 0 Å². The van der Waals surface area contributed by atoms with Crippen LogP contribution in [0.3, 0.4) is 0 Å². The summed E-state index contributed by atoms with van der Waals surface area (Å²) in [5.74, 6) is 0. The Bertz CT molecular complexity index is 621. The molecule has 1 aliphatic rings. The average Bonchev–Trinajstić information content (AvgIpc) is 3.00. The van der Waals surface area contributed by atoms with E-state index in [0.29, 0.717) is 11.2 Å². The molecule has 1 fully saturated rings. The maximum Gasteiger partial charge on any atom is 0.167 e. The molecule has 0 amide bonds. The van der Waals surface area contributed by atoms with Crippen molar-refractivity contribution >= 4 is 22.8 Å². The van der Waals surface area contributed by atoms with Gasteiger partial charge in [-0.25, -0.2) is 15.0 Å². The lowest BCUT2D eigenvalue weighted by Crippen LogP contribution is -2.35. The molecule has 1 aliphatic heterocycles. The molecule has 8 nitrogen and oxygen atoms in total. The molecule has 9 heteroatoms. The number of imidazole rings is 1. The molecule has 108 valence electrons. The first-order valence-corrected chi connectivity index (χ1v) is 6.35. The first-order chi connectivity index (χ1) is 9.67. The summed E-state index contributed by atoms with van der Waals surface area (Å²) in [6.07, 6.45) is -0.182. The van der Waals surface area contributed by atoms with Gasteiger partial charge >= 0.3 is 0 Å². The lowest BCUT2D eigenvalue weighted by Gasteiger charge is -2.17. The van der Waals surface area contributed by atoms with E-state index in [9.17, 15) is 10.2 Å². The Morgan fingerprint density at radius 2 is 2.25 bits per heavy atom. The van der Waals surface area contributed by atoms with Crippen molar-refractivity contribution in [1.29, 1.82) is 0 Å². The van der Waals surface area contributed by atoms with Crippen LogP contribution in [0.25, 0.3) is 11.2 Å². The Kier molecular flexibility index (Phi) is 3.57. The second-order valence-corrected chi connectivity index (χ2v) is 4.79. The number of fused-ring (bicyclic) bond motifs is 1. The number of aromatic nitrogens is 4. The van der Waals surface area contributed by atoms with Crippen LogP contribution in [0.1, 0.15) is 6.23 Å². The smallest absolute Gasteiger partial charge is 0.167 e. The number of halogens is 1. The SMILES string of the molecule is CO[C@H]1[C@@H](O)[C@H](n2cnc3c(Cl)ncnc32)O[C@@H]1CO. The zero-order valence-corrected chi connectivity index (χ0v) is 11.3. The van der Waals surface area contributed by atoms with Crippen LogP contribution in [-0.2, 0) is 9.47 Å². The zero-order chi connectivity index (χ0) is 14.3. The number of methoxy groups -OCH3 is 1. The van der Waals surface area contributed by atoms with Gasteiger partial charge in [0.1, 0.15) is 30.2 Å². The molecule has 0 aromatic carbocycles. The van der Waals surface area contributed by atoms with Gasteiger partial charge in [0.15, 0.2) is 17.0 Å². The van der Waals surface area contributed by atoms with Gasteiger partial charge in [0.25, 0.3) is 0 Å². The van der Waals surface area contributed by atoms with Gasteiger partial charge in [0, 0.05) is 7.11 Å². The first kappa shape index (κ1) is 13.7. The number of aliphatic hydroxyl groups excluding tert-OH is 2. The van der Waals surface area contributed by atoms with Crippen LogP contribution in [0.15, 0.2) is 12.7 Å². The predicted octanol–water partition coefficient (Wildman–Crippen LogP) is -0.255. The largest absolute Gasteiger partial charge is 0.394 e. The van der Waals surface area contributed by atoms with Crippen LogP contribution in [0.2, 0.25) is 5.15 Å². The van der Waals surface area contributed by atoms with Crippen molar-refractivity contribution in [2.24, 2.45) is 0 Å². The van der Waals surface area contributed by atoms with Crippen molar-refractivity contribution in [2.75, 3.05) is 13.7 Å². The fourth-order valence-electron chi connectivity index (χ4n) is 2.40. The van der Waals surface area contributed by atoms with Crippen LogP contribution in [0, 0.1) is 0 Å². The number of hydrogen-bond acceptors (Lipinski definition) is 7. The van der Waals surface area contributed by atoms with Crippen molar-refractivity contribution < 1.29 is 19.7 Å².